The predicted octanol–water partition coefficient (Wildman–Crippen LogP) is 1.06. The summed E-state index contributed by atoms with van der Waals surface area (Å²) in [6.07, 6.45) is 1.70. The van der Waals surface area contributed by atoms with Crippen LogP contribution >= 0.6 is 22.9 Å². The summed E-state index contributed by atoms with van der Waals surface area (Å²) < 4.78 is 1.51. The summed E-state index contributed by atoms with van der Waals surface area (Å²) in [6.45, 7) is 3.58. The summed E-state index contributed by atoms with van der Waals surface area (Å²) >= 11 is 1.94. The van der Waals surface area contributed by atoms with Gasteiger partial charge in [0.25, 0.3) is 5.56 Å². The summed E-state index contributed by atoms with van der Waals surface area (Å²) in [7, 11) is 0. The standard InChI is InChI=1S/C6H7IN2O/c1-4-3-9(7)6(10)5(2)8-4/h3H,1-2H3. The van der Waals surface area contributed by atoms with Gasteiger partial charge >= 0.3 is 0 Å². The molecule has 10 heavy (non-hydrogen) atoms. The molecule has 1 rings (SSSR count). The van der Waals surface area contributed by atoms with Crippen LogP contribution in [-0.4, -0.2) is 7.76 Å². The lowest BCUT2D eigenvalue weighted by Crippen LogP contribution is -2.16. The van der Waals surface area contributed by atoms with E-state index in [1.807, 2.05) is 29.8 Å². The van der Waals surface area contributed by atoms with Crippen LogP contribution in [0.3, 0.4) is 0 Å². The lowest BCUT2D eigenvalue weighted by molar-refractivity contribution is 0.998. The molecule has 0 radical (unpaired) electrons. The fourth-order valence-electron chi connectivity index (χ4n) is 0.718. The highest BCUT2D eigenvalue weighted by Gasteiger charge is 1.97. The van der Waals surface area contributed by atoms with Crippen LogP contribution in [0, 0.1) is 13.8 Å². The number of halogens is 1. The molecule has 0 N–H and O–H groups in total. The summed E-state index contributed by atoms with van der Waals surface area (Å²) in [6, 6.07) is 0. The zero-order valence-corrected chi connectivity index (χ0v) is 7.92. The van der Waals surface area contributed by atoms with Crippen molar-refractivity contribution in [1.29, 1.82) is 0 Å². The van der Waals surface area contributed by atoms with E-state index in [9.17, 15) is 4.79 Å². The first-order chi connectivity index (χ1) is 4.61. The third-order valence-corrected chi connectivity index (χ3v) is 1.86. The molecule has 0 aliphatic rings. The van der Waals surface area contributed by atoms with Crippen LogP contribution in [0.2, 0.25) is 0 Å². The van der Waals surface area contributed by atoms with Crippen LogP contribution in [0.25, 0.3) is 0 Å². The first kappa shape index (κ1) is 7.71. The maximum atomic E-state index is 11.0. The molecule has 1 heterocycles. The first-order valence-corrected chi connectivity index (χ1v) is 3.81. The molecule has 0 fully saturated rings. The highest BCUT2D eigenvalue weighted by atomic mass is 127. The minimum Gasteiger partial charge on any atom is -0.267 e. The molecule has 0 spiro atoms. The van der Waals surface area contributed by atoms with Gasteiger partial charge in [-0.25, -0.2) is 0 Å². The smallest absolute Gasteiger partial charge is 0.267 e. The Hall–Kier alpha value is -0.390. The Kier molecular flexibility index (Phi) is 2.08. The van der Waals surface area contributed by atoms with E-state index < -0.39 is 0 Å². The van der Waals surface area contributed by atoms with E-state index in [1.54, 1.807) is 13.1 Å². The van der Waals surface area contributed by atoms with Gasteiger partial charge in [0.05, 0.1) is 28.6 Å². The molecule has 0 bridgehead atoms. The average molecular weight is 250 g/mol. The SMILES string of the molecule is Cc1cn(I)c(=O)c(C)n1. The molecular formula is C6H7IN2O. The molecule has 54 valence electrons. The largest absolute Gasteiger partial charge is 0.280 e. The van der Waals surface area contributed by atoms with Crippen LogP contribution < -0.4 is 5.56 Å². The van der Waals surface area contributed by atoms with E-state index >= 15 is 0 Å². The number of rotatable bonds is 0. The van der Waals surface area contributed by atoms with Crippen molar-refractivity contribution in [3.63, 3.8) is 0 Å². The molecule has 0 aromatic carbocycles. The van der Waals surface area contributed by atoms with Crippen molar-refractivity contribution in [3.8, 4) is 0 Å². The molecule has 0 atom stereocenters. The van der Waals surface area contributed by atoms with Crippen molar-refractivity contribution < 1.29 is 0 Å². The zero-order valence-electron chi connectivity index (χ0n) is 5.76. The number of hydrogen-bond donors (Lipinski definition) is 0. The quantitative estimate of drug-likeness (QED) is 0.645. The van der Waals surface area contributed by atoms with E-state index in [-0.39, 0.29) is 5.56 Å². The second-order valence-electron chi connectivity index (χ2n) is 2.08. The molecule has 0 amide bonds. The fourth-order valence-corrected chi connectivity index (χ4v) is 1.47. The number of nitrogens with zero attached hydrogens (tertiary/aromatic N) is 2. The van der Waals surface area contributed by atoms with Crippen molar-refractivity contribution >= 4 is 22.9 Å². The van der Waals surface area contributed by atoms with Crippen molar-refractivity contribution in [3.05, 3.63) is 27.9 Å². The number of aryl methyl sites for hydroxylation is 2. The molecule has 0 saturated heterocycles. The van der Waals surface area contributed by atoms with Gasteiger partial charge in [-0.15, -0.1) is 0 Å². The summed E-state index contributed by atoms with van der Waals surface area (Å²) in [5, 5.41) is 0. The number of hydrogen-bond acceptors (Lipinski definition) is 2. The third-order valence-electron chi connectivity index (χ3n) is 1.15. The highest BCUT2D eigenvalue weighted by molar-refractivity contribution is 14.1. The zero-order chi connectivity index (χ0) is 7.72. The van der Waals surface area contributed by atoms with Gasteiger partial charge in [-0.3, -0.25) is 12.6 Å². The molecule has 3 nitrogen and oxygen atoms in total. The molecule has 4 heteroatoms. The van der Waals surface area contributed by atoms with Gasteiger partial charge in [0.1, 0.15) is 5.69 Å². The van der Waals surface area contributed by atoms with Gasteiger partial charge in [0.15, 0.2) is 0 Å². The highest BCUT2D eigenvalue weighted by Crippen LogP contribution is 1.93. The lowest BCUT2D eigenvalue weighted by Gasteiger charge is -1.96. The number of aromatic nitrogens is 2. The van der Waals surface area contributed by atoms with Crippen molar-refractivity contribution in [2.75, 3.05) is 0 Å². The maximum Gasteiger partial charge on any atom is 0.280 e. The van der Waals surface area contributed by atoms with Gasteiger partial charge in [-0.1, -0.05) is 0 Å². The molecule has 0 aliphatic heterocycles. The maximum absolute atomic E-state index is 11.0. The summed E-state index contributed by atoms with van der Waals surface area (Å²) in [5.74, 6) is 0. The van der Waals surface area contributed by atoms with E-state index in [0.717, 1.165) is 5.69 Å². The van der Waals surface area contributed by atoms with Gasteiger partial charge in [0.2, 0.25) is 0 Å². The fraction of sp³-hybridized carbons (Fsp3) is 0.333. The predicted molar refractivity (Wildman–Crippen MR) is 47.4 cm³/mol. The van der Waals surface area contributed by atoms with Crippen molar-refractivity contribution in [1.82, 2.24) is 7.76 Å². The van der Waals surface area contributed by atoms with Gasteiger partial charge in [0, 0.05) is 6.20 Å². The van der Waals surface area contributed by atoms with Crippen LogP contribution in [-0.2, 0) is 0 Å². The Labute approximate surface area is 72.6 Å². The Bertz CT molecular complexity index is 279. The van der Waals surface area contributed by atoms with Crippen LogP contribution in [0.1, 0.15) is 11.4 Å². The lowest BCUT2D eigenvalue weighted by atomic mass is 10.4. The molecule has 0 aliphatic carbocycles. The van der Waals surface area contributed by atoms with Crippen molar-refractivity contribution in [2.24, 2.45) is 0 Å². The average Bonchev–Trinajstić information content (AvgIpc) is 1.82. The second-order valence-corrected chi connectivity index (χ2v) is 3.12. The van der Waals surface area contributed by atoms with Gasteiger partial charge < -0.3 is 0 Å². The minimum absolute atomic E-state index is 0.0359. The van der Waals surface area contributed by atoms with Crippen LogP contribution in [0.4, 0.5) is 0 Å². The molecule has 1 aromatic heterocycles. The summed E-state index contributed by atoms with van der Waals surface area (Å²) in [5.41, 5.74) is 1.38. The minimum atomic E-state index is -0.0359. The summed E-state index contributed by atoms with van der Waals surface area (Å²) in [4.78, 5) is 15.0. The van der Waals surface area contributed by atoms with Crippen LogP contribution in [0.15, 0.2) is 11.0 Å². The van der Waals surface area contributed by atoms with E-state index in [0.29, 0.717) is 5.69 Å². The normalized spacial score (nSPS) is 9.90. The van der Waals surface area contributed by atoms with E-state index in [2.05, 4.69) is 4.98 Å². The second kappa shape index (κ2) is 2.69. The Morgan fingerprint density at radius 1 is 1.60 bits per heavy atom. The topological polar surface area (TPSA) is 34.9 Å². The Morgan fingerprint density at radius 2 is 2.20 bits per heavy atom. The Morgan fingerprint density at radius 3 is 2.70 bits per heavy atom. The van der Waals surface area contributed by atoms with Gasteiger partial charge in [-0.05, 0) is 13.8 Å². The third kappa shape index (κ3) is 1.36. The van der Waals surface area contributed by atoms with Crippen LogP contribution in [0.5, 0.6) is 0 Å². The van der Waals surface area contributed by atoms with E-state index in [1.165, 1.54) is 2.78 Å². The van der Waals surface area contributed by atoms with Gasteiger partial charge in [-0.2, -0.15) is 0 Å². The molecule has 0 saturated carbocycles. The Balaban J connectivity index is 3.46. The first-order valence-electron chi connectivity index (χ1n) is 2.84. The monoisotopic (exact) mass is 250 g/mol. The van der Waals surface area contributed by atoms with E-state index in [4.69, 9.17) is 0 Å². The molecule has 1 aromatic rings. The molecule has 0 unspecified atom stereocenters. The van der Waals surface area contributed by atoms with Crippen molar-refractivity contribution in [2.45, 2.75) is 13.8 Å². The molecular weight excluding hydrogens is 243 g/mol.